The monoisotopic (exact) mass is 292 g/mol. The molecule has 4 heteroatoms. The lowest BCUT2D eigenvalue weighted by Crippen LogP contribution is -2.42. The minimum absolute atomic E-state index is 0.0338. The zero-order valence-electron chi connectivity index (χ0n) is 14.3. The van der Waals surface area contributed by atoms with Crippen molar-refractivity contribution < 1.29 is 9.90 Å². The minimum atomic E-state index is -0.224. The van der Waals surface area contributed by atoms with Crippen molar-refractivity contribution in [3.63, 3.8) is 0 Å². The van der Waals surface area contributed by atoms with Crippen LogP contribution >= 0.6 is 0 Å². The summed E-state index contributed by atoms with van der Waals surface area (Å²) >= 11 is 0. The molecule has 0 fully saturated rings. The van der Waals surface area contributed by atoms with Gasteiger partial charge in [0.2, 0.25) is 5.91 Å². The highest BCUT2D eigenvalue weighted by molar-refractivity contribution is 5.80. The van der Waals surface area contributed by atoms with Gasteiger partial charge in [0.15, 0.2) is 0 Å². The van der Waals surface area contributed by atoms with E-state index in [1.54, 1.807) is 25.1 Å². The molecule has 1 aromatic carbocycles. The van der Waals surface area contributed by atoms with E-state index in [9.17, 15) is 9.90 Å². The molecule has 1 rings (SSSR count). The van der Waals surface area contributed by atoms with Crippen LogP contribution in [0.15, 0.2) is 18.2 Å². The first-order chi connectivity index (χ1) is 9.54. The van der Waals surface area contributed by atoms with Crippen molar-refractivity contribution in [3.05, 3.63) is 29.3 Å². The summed E-state index contributed by atoms with van der Waals surface area (Å²) in [5.74, 6) is 0.336. The van der Waals surface area contributed by atoms with Gasteiger partial charge < -0.3 is 10.0 Å². The molecule has 0 radical (unpaired) electrons. The standard InChI is InChI=1S/C17H28N2O2/c1-12(16(21)18(5)6)19(7)11-13-10-14(17(2,3)4)8-9-15(13)20/h8-10,12,20H,11H2,1-7H3/t12-/m0/s1. The molecular weight excluding hydrogens is 264 g/mol. The fourth-order valence-corrected chi connectivity index (χ4v) is 2.15. The first kappa shape index (κ1) is 17.5. The fourth-order valence-electron chi connectivity index (χ4n) is 2.15. The summed E-state index contributed by atoms with van der Waals surface area (Å²) in [5, 5.41) is 10.1. The summed E-state index contributed by atoms with van der Waals surface area (Å²) in [7, 11) is 5.41. The van der Waals surface area contributed by atoms with Crippen LogP contribution in [0.25, 0.3) is 0 Å². The van der Waals surface area contributed by atoms with Crippen LogP contribution in [0, 0.1) is 0 Å². The Hall–Kier alpha value is -1.55. The third-order valence-electron chi connectivity index (χ3n) is 3.82. The van der Waals surface area contributed by atoms with Gasteiger partial charge >= 0.3 is 0 Å². The van der Waals surface area contributed by atoms with Crippen molar-refractivity contribution in [2.24, 2.45) is 0 Å². The molecule has 0 saturated heterocycles. The number of hydrogen-bond donors (Lipinski definition) is 1. The van der Waals surface area contributed by atoms with Crippen LogP contribution < -0.4 is 0 Å². The van der Waals surface area contributed by atoms with E-state index in [1.165, 1.54) is 5.56 Å². The molecule has 0 saturated carbocycles. The highest BCUT2D eigenvalue weighted by Crippen LogP contribution is 2.28. The number of aromatic hydroxyl groups is 1. The summed E-state index contributed by atoms with van der Waals surface area (Å²) in [6, 6.07) is 5.49. The van der Waals surface area contributed by atoms with Crippen LogP contribution in [0.1, 0.15) is 38.8 Å². The number of rotatable bonds is 4. The van der Waals surface area contributed by atoms with Gasteiger partial charge in [-0.05, 0) is 31.0 Å². The van der Waals surface area contributed by atoms with Gasteiger partial charge in [0.05, 0.1) is 6.04 Å². The first-order valence-electron chi connectivity index (χ1n) is 7.28. The van der Waals surface area contributed by atoms with E-state index in [4.69, 9.17) is 0 Å². The van der Waals surface area contributed by atoms with E-state index < -0.39 is 0 Å². The minimum Gasteiger partial charge on any atom is -0.508 e. The Labute approximate surface area is 128 Å². The van der Waals surface area contributed by atoms with E-state index in [-0.39, 0.29) is 23.1 Å². The Morgan fingerprint density at radius 2 is 1.81 bits per heavy atom. The van der Waals surface area contributed by atoms with E-state index in [1.807, 2.05) is 31.0 Å². The molecule has 0 spiro atoms. The predicted octanol–water partition coefficient (Wildman–Crippen LogP) is 2.60. The SMILES string of the molecule is C[C@@H](C(=O)N(C)C)N(C)Cc1cc(C(C)(C)C)ccc1O. The molecule has 0 unspecified atom stereocenters. The van der Waals surface area contributed by atoms with Gasteiger partial charge in [-0.2, -0.15) is 0 Å². The summed E-state index contributed by atoms with van der Waals surface area (Å²) in [5.41, 5.74) is 2.06. The Bertz CT molecular complexity index is 504. The fraction of sp³-hybridized carbons (Fsp3) is 0.588. The van der Waals surface area contributed by atoms with Gasteiger partial charge in [-0.25, -0.2) is 0 Å². The first-order valence-corrected chi connectivity index (χ1v) is 7.28. The zero-order valence-corrected chi connectivity index (χ0v) is 14.3. The molecule has 118 valence electrons. The van der Waals surface area contributed by atoms with Gasteiger partial charge in [-0.1, -0.05) is 32.9 Å². The lowest BCUT2D eigenvalue weighted by Gasteiger charge is -2.27. The highest BCUT2D eigenvalue weighted by atomic mass is 16.3. The van der Waals surface area contributed by atoms with Gasteiger partial charge in [-0.3, -0.25) is 9.69 Å². The summed E-state index contributed by atoms with van der Waals surface area (Å²) < 4.78 is 0. The Kier molecular flexibility index (Phi) is 5.40. The molecule has 0 aliphatic carbocycles. The number of phenols is 1. The summed E-state index contributed by atoms with van der Waals surface area (Å²) in [6.07, 6.45) is 0. The maximum atomic E-state index is 12.0. The second-order valence-electron chi connectivity index (χ2n) is 6.92. The maximum absolute atomic E-state index is 12.0. The summed E-state index contributed by atoms with van der Waals surface area (Å²) in [4.78, 5) is 15.5. The number of amides is 1. The number of nitrogens with zero attached hydrogens (tertiary/aromatic N) is 2. The van der Waals surface area contributed by atoms with Crippen molar-refractivity contribution in [1.29, 1.82) is 0 Å². The van der Waals surface area contributed by atoms with Gasteiger partial charge in [-0.15, -0.1) is 0 Å². The largest absolute Gasteiger partial charge is 0.508 e. The number of carbonyl (C=O) groups is 1. The van der Waals surface area contributed by atoms with E-state index >= 15 is 0 Å². The van der Waals surface area contributed by atoms with Crippen molar-refractivity contribution in [1.82, 2.24) is 9.80 Å². The number of likely N-dealkylation sites (N-methyl/N-ethyl adjacent to an activating group) is 2. The molecule has 0 aliphatic rings. The normalized spacial score (nSPS) is 13.3. The van der Waals surface area contributed by atoms with Crippen LogP contribution in [0.3, 0.4) is 0 Å². The van der Waals surface area contributed by atoms with Crippen molar-refractivity contribution in [3.8, 4) is 5.75 Å². The second kappa shape index (κ2) is 6.48. The lowest BCUT2D eigenvalue weighted by atomic mass is 9.86. The second-order valence-corrected chi connectivity index (χ2v) is 6.92. The average Bonchev–Trinajstić information content (AvgIpc) is 2.37. The average molecular weight is 292 g/mol. The topological polar surface area (TPSA) is 43.8 Å². The molecule has 4 nitrogen and oxygen atoms in total. The van der Waals surface area contributed by atoms with Gasteiger partial charge in [0.1, 0.15) is 5.75 Å². The third kappa shape index (κ3) is 4.46. The molecule has 21 heavy (non-hydrogen) atoms. The highest BCUT2D eigenvalue weighted by Gasteiger charge is 2.21. The van der Waals surface area contributed by atoms with Crippen LogP contribution in [0.4, 0.5) is 0 Å². The van der Waals surface area contributed by atoms with Crippen LogP contribution in [0.2, 0.25) is 0 Å². The third-order valence-corrected chi connectivity index (χ3v) is 3.82. The number of phenolic OH excluding ortho intramolecular Hbond substituents is 1. The Morgan fingerprint density at radius 1 is 1.24 bits per heavy atom. The molecule has 0 aromatic heterocycles. The van der Waals surface area contributed by atoms with E-state index in [2.05, 4.69) is 20.8 Å². The maximum Gasteiger partial charge on any atom is 0.239 e. The van der Waals surface area contributed by atoms with Crippen LogP contribution in [-0.4, -0.2) is 48.0 Å². The Balaban J connectivity index is 2.94. The Morgan fingerprint density at radius 3 is 2.29 bits per heavy atom. The molecule has 1 N–H and O–H groups in total. The van der Waals surface area contributed by atoms with Crippen molar-refractivity contribution in [2.75, 3.05) is 21.1 Å². The van der Waals surface area contributed by atoms with Gasteiger partial charge in [0.25, 0.3) is 0 Å². The molecule has 1 atom stereocenters. The smallest absolute Gasteiger partial charge is 0.239 e. The predicted molar refractivity (Wildman–Crippen MR) is 86.4 cm³/mol. The molecule has 0 bridgehead atoms. The number of benzene rings is 1. The molecule has 0 heterocycles. The quantitative estimate of drug-likeness (QED) is 0.927. The number of carbonyl (C=O) groups excluding carboxylic acids is 1. The van der Waals surface area contributed by atoms with E-state index in [0.717, 1.165) is 5.56 Å². The molecule has 0 aliphatic heterocycles. The molecule has 1 aromatic rings. The van der Waals surface area contributed by atoms with Crippen molar-refractivity contribution in [2.45, 2.75) is 45.7 Å². The molecule has 1 amide bonds. The zero-order chi connectivity index (χ0) is 16.4. The van der Waals surface area contributed by atoms with Crippen LogP contribution in [-0.2, 0) is 16.8 Å². The van der Waals surface area contributed by atoms with Gasteiger partial charge in [0, 0.05) is 26.2 Å². The van der Waals surface area contributed by atoms with E-state index in [0.29, 0.717) is 6.54 Å². The van der Waals surface area contributed by atoms with Crippen LogP contribution in [0.5, 0.6) is 5.75 Å². The molecular formula is C17H28N2O2. The number of hydrogen-bond acceptors (Lipinski definition) is 3. The summed E-state index contributed by atoms with van der Waals surface area (Å²) in [6.45, 7) is 8.85. The van der Waals surface area contributed by atoms with Crippen molar-refractivity contribution >= 4 is 5.91 Å². The lowest BCUT2D eigenvalue weighted by molar-refractivity contribution is -0.133.